The van der Waals surface area contributed by atoms with Gasteiger partial charge in [0.1, 0.15) is 0 Å². The summed E-state index contributed by atoms with van der Waals surface area (Å²) in [5.41, 5.74) is 1.40. The van der Waals surface area contributed by atoms with E-state index >= 15 is 0 Å². The smallest absolute Gasteiger partial charge is 0.0701 e. The molecule has 1 fully saturated rings. The summed E-state index contributed by atoms with van der Waals surface area (Å²) in [7, 11) is 0. The van der Waals surface area contributed by atoms with Crippen molar-refractivity contribution in [2.75, 3.05) is 26.2 Å². The van der Waals surface area contributed by atoms with Gasteiger partial charge in [-0.15, -0.1) is 11.3 Å². The lowest BCUT2D eigenvalue weighted by Crippen LogP contribution is -2.36. The van der Waals surface area contributed by atoms with Gasteiger partial charge in [-0.2, -0.15) is 0 Å². The molecule has 1 N–H and O–H groups in total. The highest BCUT2D eigenvalue weighted by molar-refractivity contribution is 9.11. The van der Waals surface area contributed by atoms with E-state index < -0.39 is 0 Å². The Balaban J connectivity index is 1.63. The van der Waals surface area contributed by atoms with Crippen LogP contribution in [0, 0.1) is 5.92 Å². The van der Waals surface area contributed by atoms with Crippen molar-refractivity contribution in [3.8, 4) is 0 Å². The molecule has 0 spiro atoms. The zero-order chi connectivity index (χ0) is 12.1. The largest absolute Gasteiger partial charge is 0.312 e. The van der Waals surface area contributed by atoms with Gasteiger partial charge in [0, 0.05) is 6.54 Å². The third-order valence-electron chi connectivity index (χ3n) is 3.54. The highest BCUT2D eigenvalue weighted by atomic mass is 79.9. The summed E-state index contributed by atoms with van der Waals surface area (Å²) in [6, 6.07) is 2.21. The van der Waals surface area contributed by atoms with E-state index in [-0.39, 0.29) is 0 Å². The molecule has 0 saturated carbocycles. The Morgan fingerprint density at radius 1 is 1.47 bits per heavy atom. The molecule has 0 aromatic carbocycles. The summed E-state index contributed by atoms with van der Waals surface area (Å²) in [6.45, 7) is 8.22. The van der Waals surface area contributed by atoms with Crippen LogP contribution in [0.5, 0.6) is 0 Å². The van der Waals surface area contributed by atoms with Crippen molar-refractivity contribution >= 4 is 27.3 Å². The molecule has 0 bridgehead atoms. The predicted molar refractivity (Wildman–Crippen MR) is 78.6 cm³/mol. The molecule has 0 radical (unpaired) electrons. The molecule has 17 heavy (non-hydrogen) atoms. The standard InChI is InChI=1S/C13H21BrN2S/c1-2-16-5-3-11(4-6-16)8-15-9-12-7-13(14)17-10-12/h7,10-11,15H,2-6,8-9H2,1H3. The molecule has 1 aromatic heterocycles. The van der Waals surface area contributed by atoms with Gasteiger partial charge in [0.2, 0.25) is 0 Å². The minimum absolute atomic E-state index is 0.875. The van der Waals surface area contributed by atoms with Gasteiger partial charge in [-0.05, 0) is 77.9 Å². The fraction of sp³-hybridized carbons (Fsp3) is 0.692. The van der Waals surface area contributed by atoms with Crippen LogP contribution in [0.3, 0.4) is 0 Å². The quantitative estimate of drug-likeness (QED) is 0.896. The minimum Gasteiger partial charge on any atom is -0.312 e. The lowest BCUT2D eigenvalue weighted by atomic mass is 9.97. The van der Waals surface area contributed by atoms with Gasteiger partial charge in [-0.3, -0.25) is 0 Å². The van der Waals surface area contributed by atoms with Gasteiger partial charge >= 0.3 is 0 Å². The zero-order valence-electron chi connectivity index (χ0n) is 10.4. The third-order valence-corrected chi connectivity index (χ3v) is 5.09. The summed E-state index contributed by atoms with van der Waals surface area (Å²) in [5, 5.41) is 5.80. The molecule has 0 amide bonds. The number of nitrogens with zero attached hydrogens (tertiary/aromatic N) is 1. The van der Waals surface area contributed by atoms with E-state index in [1.165, 1.54) is 48.4 Å². The number of hydrogen-bond acceptors (Lipinski definition) is 3. The molecule has 1 saturated heterocycles. The second kappa shape index (κ2) is 6.88. The maximum atomic E-state index is 3.58. The van der Waals surface area contributed by atoms with E-state index in [0.29, 0.717) is 0 Å². The average Bonchev–Trinajstić information content (AvgIpc) is 2.76. The molecule has 0 unspecified atom stereocenters. The molecular formula is C13H21BrN2S. The number of hydrogen-bond donors (Lipinski definition) is 1. The fourth-order valence-corrected chi connectivity index (χ4v) is 3.58. The van der Waals surface area contributed by atoms with Crippen molar-refractivity contribution in [3.05, 3.63) is 20.8 Å². The van der Waals surface area contributed by atoms with Crippen LogP contribution in [-0.2, 0) is 6.54 Å². The van der Waals surface area contributed by atoms with Gasteiger partial charge in [0.15, 0.2) is 0 Å². The third kappa shape index (κ3) is 4.36. The van der Waals surface area contributed by atoms with Crippen molar-refractivity contribution in [2.24, 2.45) is 5.92 Å². The van der Waals surface area contributed by atoms with Crippen molar-refractivity contribution < 1.29 is 0 Å². The van der Waals surface area contributed by atoms with Gasteiger partial charge < -0.3 is 10.2 Å². The number of thiophene rings is 1. The highest BCUT2D eigenvalue weighted by Crippen LogP contribution is 2.21. The van der Waals surface area contributed by atoms with Crippen LogP contribution in [0.1, 0.15) is 25.3 Å². The van der Waals surface area contributed by atoms with Crippen LogP contribution in [0.2, 0.25) is 0 Å². The van der Waals surface area contributed by atoms with Crippen molar-refractivity contribution in [2.45, 2.75) is 26.3 Å². The molecule has 2 nitrogen and oxygen atoms in total. The van der Waals surface area contributed by atoms with Crippen LogP contribution < -0.4 is 5.32 Å². The number of rotatable bonds is 5. The van der Waals surface area contributed by atoms with E-state index in [2.05, 4.69) is 44.5 Å². The van der Waals surface area contributed by atoms with Gasteiger partial charge in [-0.25, -0.2) is 0 Å². The second-order valence-corrected chi connectivity index (χ2v) is 7.06. The Morgan fingerprint density at radius 2 is 2.24 bits per heavy atom. The lowest BCUT2D eigenvalue weighted by Gasteiger charge is -2.31. The van der Waals surface area contributed by atoms with E-state index in [1.54, 1.807) is 11.3 Å². The Morgan fingerprint density at radius 3 is 2.82 bits per heavy atom. The predicted octanol–water partition coefficient (Wildman–Crippen LogP) is 3.33. The Bertz CT molecular complexity index is 332. The van der Waals surface area contributed by atoms with Crippen LogP contribution in [-0.4, -0.2) is 31.1 Å². The SMILES string of the molecule is CCN1CCC(CNCc2csc(Br)c2)CC1. The van der Waals surface area contributed by atoms with E-state index in [1.807, 2.05) is 0 Å². The summed E-state index contributed by atoms with van der Waals surface area (Å²) in [5.74, 6) is 0.875. The Hall–Kier alpha value is 0.100. The van der Waals surface area contributed by atoms with Crippen LogP contribution in [0.15, 0.2) is 15.2 Å². The van der Waals surface area contributed by atoms with Crippen molar-refractivity contribution in [1.82, 2.24) is 10.2 Å². The van der Waals surface area contributed by atoms with E-state index in [9.17, 15) is 0 Å². The van der Waals surface area contributed by atoms with Crippen molar-refractivity contribution in [1.29, 1.82) is 0 Å². The number of halogens is 1. The number of likely N-dealkylation sites (tertiary alicyclic amines) is 1. The van der Waals surface area contributed by atoms with E-state index in [4.69, 9.17) is 0 Å². The van der Waals surface area contributed by atoms with Crippen LogP contribution in [0.25, 0.3) is 0 Å². The molecule has 0 aliphatic carbocycles. The van der Waals surface area contributed by atoms with Gasteiger partial charge in [-0.1, -0.05) is 6.92 Å². The average molecular weight is 317 g/mol. The van der Waals surface area contributed by atoms with Crippen molar-refractivity contribution in [3.63, 3.8) is 0 Å². The first-order valence-corrected chi connectivity index (χ1v) is 8.11. The topological polar surface area (TPSA) is 15.3 Å². The molecular weight excluding hydrogens is 296 g/mol. The van der Waals surface area contributed by atoms with Gasteiger partial charge in [0.25, 0.3) is 0 Å². The lowest BCUT2D eigenvalue weighted by molar-refractivity contribution is 0.190. The van der Waals surface area contributed by atoms with Crippen LogP contribution >= 0.6 is 27.3 Å². The zero-order valence-corrected chi connectivity index (χ0v) is 12.8. The Labute approximate surface area is 117 Å². The number of piperidine rings is 1. The molecule has 1 aromatic rings. The molecule has 4 heteroatoms. The normalized spacial score (nSPS) is 18.7. The monoisotopic (exact) mass is 316 g/mol. The molecule has 1 aliphatic rings. The maximum Gasteiger partial charge on any atom is 0.0701 e. The second-order valence-electron chi connectivity index (χ2n) is 4.77. The van der Waals surface area contributed by atoms with E-state index in [0.717, 1.165) is 12.5 Å². The minimum atomic E-state index is 0.875. The molecule has 1 aliphatic heterocycles. The van der Waals surface area contributed by atoms with Crippen LogP contribution in [0.4, 0.5) is 0 Å². The Kier molecular flexibility index (Phi) is 5.48. The summed E-state index contributed by atoms with van der Waals surface area (Å²) < 4.78 is 1.23. The molecule has 96 valence electrons. The number of nitrogens with one attached hydrogen (secondary N) is 1. The first-order chi connectivity index (χ1) is 8.28. The molecule has 2 rings (SSSR count). The van der Waals surface area contributed by atoms with Gasteiger partial charge in [0.05, 0.1) is 3.79 Å². The first kappa shape index (κ1) is 13.5. The fourth-order valence-electron chi connectivity index (χ4n) is 2.37. The molecule has 2 heterocycles. The highest BCUT2D eigenvalue weighted by Gasteiger charge is 2.17. The summed E-state index contributed by atoms with van der Waals surface area (Å²) >= 11 is 5.26. The first-order valence-electron chi connectivity index (χ1n) is 6.44. The summed E-state index contributed by atoms with van der Waals surface area (Å²) in [4.78, 5) is 2.55. The maximum absolute atomic E-state index is 3.58. The molecule has 0 atom stereocenters. The summed E-state index contributed by atoms with van der Waals surface area (Å²) in [6.07, 6.45) is 2.71.